The Morgan fingerprint density at radius 1 is 1.50 bits per heavy atom. The molecule has 0 aromatic carbocycles. The molecule has 0 aliphatic carbocycles. The largest absolute Gasteiger partial charge is 0.392 e. The summed E-state index contributed by atoms with van der Waals surface area (Å²) >= 11 is 1.92. The molecule has 2 aromatic heterocycles. The molecule has 0 saturated carbocycles. The molecule has 1 N–H and O–H groups in total. The van der Waals surface area contributed by atoms with Gasteiger partial charge in [0.1, 0.15) is 5.65 Å². The molecule has 0 spiro atoms. The van der Waals surface area contributed by atoms with Crippen LogP contribution in [0.5, 0.6) is 0 Å². The quantitative estimate of drug-likeness (QED) is 0.809. The normalized spacial score (nSPS) is 11.1. The number of aliphatic hydroxyl groups is 1. The van der Waals surface area contributed by atoms with Crippen molar-refractivity contribution in [2.24, 2.45) is 0 Å². The first-order valence-corrected chi connectivity index (χ1v) is 6.63. The van der Waals surface area contributed by atoms with Crippen LogP contribution >= 0.6 is 11.8 Å². The maximum Gasteiger partial charge on any atom is 0.140 e. The molecule has 2 rings (SSSR count). The standard InChI is InChI=1S/C12H16N2OS/c1-2-16-7-6-14-8-10(9-15)11-4-3-5-13-12(11)14/h3-5,8,15H,2,6-7,9H2,1H3. The summed E-state index contributed by atoms with van der Waals surface area (Å²) in [5, 5.41) is 10.3. The molecule has 3 nitrogen and oxygen atoms in total. The second kappa shape index (κ2) is 5.37. The molecule has 0 radical (unpaired) electrons. The van der Waals surface area contributed by atoms with Gasteiger partial charge in [-0.3, -0.25) is 0 Å². The molecule has 2 aromatic rings. The van der Waals surface area contributed by atoms with Gasteiger partial charge in [0, 0.05) is 35.6 Å². The van der Waals surface area contributed by atoms with Crippen LogP contribution < -0.4 is 0 Å². The highest BCUT2D eigenvalue weighted by Crippen LogP contribution is 2.19. The lowest BCUT2D eigenvalue weighted by molar-refractivity contribution is 0.283. The van der Waals surface area contributed by atoms with Crippen molar-refractivity contribution in [3.63, 3.8) is 0 Å². The van der Waals surface area contributed by atoms with Crippen LogP contribution in [0, 0.1) is 0 Å². The van der Waals surface area contributed by atoms with Crippen LogP contribution in [0.25, 0.3) is 11.0 Å². The van der Waals surface area contributed by atoms with Crippen LogP contribution in [0.3, 0.4) is 0 Å². The van der Waals surface area contributed by atoms with Crippen LogP contribution in [0.2, 0.25) is 0 Å². The van der Waals surface area contributed by atoms with E-state index in [2.05, 4.69) is 16.5 Å². The van der Waals surface area contributed by atoms with E-state index in [1.54, 1.807) is 6.20 Å². The lowest BCUT2D eigenvalue weighted by atomic mass is 10.2. The van der Waals surface area contributed by atoms with Crippen molar-refractivity contribution in [2.45, 2.75) is 20.1 Å². The summed E-state index contributed by atoms with van der Waals surface area (Å²) in [5.74, 6) is 2.22. The Labute approximate surface area is 99.5 Å². The van der Waals surface area contributed by atoms with Crippen molar-refractivity contribution >= 4 is 22.8 Å². The van der Waals surface area contributed by atoms with Crippen molar-refractivity contribution in [3.8, 4) is 0 Å². The van der Waals surface area contributed by atoms with E-state index in [0.29, 0.717) is 0 Å². The predicted molar refractivity (Wildman–Crippen MR) is 68.7 cm³/mol. The zero-order valence-electron chi connectivity index (χ0n) is 9.39. The summed E-state index contributed by atoms with van der Waals surface area (Å²) in [5.41, 5.74) is 1.94. The van der Waals surface area contributed by atoms with E-state index in [-0.39, 0.29) is 6.61 Å². The Hall–Kier alpha value is -1.00. The maximum absolute atomic E-state index is 9.27. The maximum atomic E-state index is 9.27. The van der Waals surface area contributed by atoms with E-state index >= 15 is 0 Å². The van der Waals surface area contributed by atoms with E-state index < -0.39 is 0 Å². The Balaban J connectivity index is 2.30. The van der Waals surface area contributed by atoms with E-state index in [1.807, 2.05) is 30.1 Å². The van der Waals surface area contributed by atoms with Gasteiger partial charge < -0.3 is 9.67 Å². The minimum Gasteiger partial charge on any atom is -0.392 e. The second-order valence-corrected chi connectivity index (χ2v) is 4.97. The molecule has 0 bridgehead atoms. The number of aromatic nitrogens is 2. The van der Waals surface area contributed by atoms with Gasteiger partial charge >= 0.3 is 0 Å². The number of pyridine rings is 1. The molecule has 86 valence electrons. The zero-order valence-corrected chi connectivity index (χ0v) is 10.2. The Morgan fingerprint density at radius 2 is 2.38 bits per heavy atom. The van der Waals surface area contributed by atoms with Crippen molar-refractivity contribution < 1.29 is 5.11 Å². The smallest absolute Gasteiger partial charge is 0.140 e. The molecule has 0 saturated heterocycles. The molecule has 16 heavy (non-hydrogen) atoms. The number of rotatable bonds is 5. The zero-order chi connectivity index (χ0) is 11.4. The molecular weight excluding hydrogens is 220 g/mol. The summed E-state index contributed by atoms with van der Waals surface area (Å²) in [6, 6.07) is 3.92. The van der Waals surface area contributed by atoms with Crippen molar-refractivity contribution in [1.29, 1.82) is 0 Å². The topological polar surface area (TPSA) is 38.0 Å². The summed E-state index contributed by atoms with van der Waals surface area (Å²) in [7, 11) is 0. The number of thioether (sulfide) groups is 1. The van der Waals surface area contributed by atoms with Crippen molar-refractivity contribution in [2.75, 3.05) is 11.5 Å². The number of aliphatic hydroxyl groups excluding tert-OH is 1. The van der Waals surface area contributed by atoms with Gasteiger partial charge in [-0.15, -0.1) is 0 Å². The molecule has 2 heterocycles. The van der Waals surface area contributed by atoms with Gasteiger partial charge in [-0.1, -0.05) is 6.92 Å². The molecular formula is C12H16N2OS. The van der Waals surface area contributed by atoms with Gasteiger partial charge in [-0.25, -0.2) is 4.98 Å². The predicted octanol–water partition coefficient (Wildman–Crippen LogP) is 2.28. The highest BCUT2D eigenvalue weighted by Gasteiger charge is 2.07. The first-order valence-electron chi connectivity index (χ1n) is 5.48. The van der Waals surface area contributed by atoms with E-state index in [1.165, 1.54) is 0 Å². The highest BCUT2D eigenvalue weighted by atomic mass is 32.2. The first kappa shape index (κ1) is 11.5. The minimum absolute atomic E-state index is 0.0795. The van der Waals surface area contributed by atoms with Crippen LogP contribution in [0.15, 0.2) is 24.5 Å². The minimum atomic E-state index is 0.0795. The van der Waals surface area contributed by atoms with Gasteiger partial charge in [0.05, 0.1) is 6.61 Å². The lowest BCUT2D eigenvalue weighted by Crippen LogP contribution is -1.99. The molecule has 0 fully saturated rings. The van der Waals surface area contributed by atoms with Gasteiger partial charge in [-0.05, 0) is 17.9 Å². The second-order valence-electron chi connectivity index (χ2n) is 3.58. The number of aryl methyl sites for hydroxylation is 1. The number of nitrogens with zero attached hydrogens (tertiary/aromatic N) is 2. The lowest BCUT2D eigenvalue weighted by Gasteiger charge is -2.02. The number of hydrogen-bond donors (Lipinski definition) is 1. The highest BCUT2D eigenvalue weighted by molar-refractivity contribution is 7.99. The summed E-state index contributed by atoms with van der Waals surface area (Å²) in [6.45, 7) is 3.19. The number of fused-ring (bicyclic) bond motifs is 1. The van der Waals surface area contributed by atoms with Crippen LogP contribution in [0.1, 0.15) is 12.5 Å². The van der Waals surface area contributed by atoms with Crippen LogP contribution in [-0.4, -0.2) is 26.2 Å². The Morgan fingerprint density at radius 3 is 3.12 bits per heavy atom. The summed E-state index contributed by atoms with van der Waals surface area (Å²) in [4.78, 5) is 4.37. The fraction of sp³-hybridized carbons (Fsp3) is 0.417. The van der Waals surface area contributed by atoms with Gasteiger partial charge in [0.25, 0.3) is 0 Å². The third kappa shape index (κ3) is 2.23. The van der Waals surface area contributed by atoms with Gasteiger partial charge in [0.2, 0.25) is 0 Å². The third-order valence-electron chi connectivity index (χ3n) is 2.57. The molecule has 0 amide bonds. The molecule has 0 aliphatic rings. The Bertz CT molecular complexity index is 467. The summed E-state index contributed by atoms with van der Waals surface area (Å²) < 4.78 is 2.13. The van der Waals surface area contributed by atoms with E-state index in [0.717, 1.165) is 34.6 Å². The van der Waals surface area contributed by atoms with Gasteiger partial charge in [0.15, 0.2) is 0 Å². The molecule has 0 atom stereocenters. The molecule has 0 unspecified atom stereocenters. The van der Waals surface area contributed by atoms with Gasteiger partial charge in [-0.2, -0.15) is 11.8 Å². The van der Waals surface area contributed by atoms with Crippen molar-refractivity contribution in [3.05, 3.63) is 30.1 Å². The fourth-order valence-electron chi connectivity index (χ4n) is 1.80. The van der Waals surface area contributed by atoms with Crippen LogP contribution in [-0.2, 0) is 13.2 Å². The fourth-order valence-corrected chi connectivity index (χ4v) is 2.41. The third-order valence-corrected chi connectivity index (χ3v) is 3.45. The Kier molecular flexibility index (Phi) is 3.85. The van der Waals surface area contributed by atoms with Crippen LogP contribution in [0.4, 0.5) is 0 Å². The first-order chi connectivity index (χ1) is 7.86. The van der Waals surface area contributed by atoms with E-state index in [4.69, 9.17) is 0 Å². The molecule has 4 heteroatoms. The number of hydrogen-bond acceptors (Lipinski definition) is 3. The average Bonchev–Trinajstić information content (AvgIpc) is 2.68. The molecule has 0 aliphatic heterocycles. The average molecular weight is 236 g/mol. The summed E-state index contributed by atoms with van der Waals surface area (Å²) in [6.07, 6.45) is 3.81. The SMILES string of the molecule is CCSCCn1cc(CO)c2cccnc21. The van der Waals surface area contributed by atoms with E-state index in [9.17, 15) is 5.11 Å². The monoisotopic (exact) mass is 236 g/mol. The van der Waals surface area contributed by atoms with Crippen molar-refractivity contribution in [1.82, 2.24) is 9.55 Å².